The Kier molecular flexibility index (Phi) is 49.2. The molecule has 0 aromatic heterocycles. The fraction of sp³-hybridized carbons (Fsp3) is 0.905. The Balaban J connectivity index is 2.65. The number of aliphatic hydroxyl groups excluding tert-OH is 5. The zero-order valence-corrected chi connectivity index (χ0v) is 48.2. The lowest BCUT2D eigenvalue weighted by Crippen LogP contribution is -2.61. The van der Waals surface area contributed by atoms with E-state index in [0.29, 0.717) is 19.3 Å². The normalized spacial score (nSPS) is 19.4. The zero-order chi connectivity index (χ0) is 54.0. The minimum Gasteiger partial charge on any atom is -0.454 e. The average Bonchev–Trinajstić information content (AvgIpc) is 3.40. The van der Waals surface area contributed by atoms with Crippen molar-refractivity contribution >= 4 is 11.9 Å². The Labute approximate surface area is 454 Å². The Morgan fingerprint density at radius 1 is 0.514 bits per heavy atom. The number of carbonyl (C=O) groups excluding carboxylic acids is 2. The molecule has 1 heterocycles. The van der Waals surface area contributed by atoms with E-state index < -0.39 is 67.4 Å². The van der Waals surface area contributed by atoms with E-state index in [9.17, 15) is 35.1 Å². The number of nitrogens with one attached hydrogen (secondary N) is 1. The minimum absolute atomic E-state index is 0.129. The second kappa shape index (κ2) is 51.9. The van der Waals surface area contributed by atoms with Gasteiger partial charge in [-0.05, 0) is 51.4 Å². The van der Waals surface area contributed by atoms with Crippen molar-refractivity contribution in [2.45, 2.75) is 352 Å². The number of allylic oxidation sites excluding steroid dienone is 3. The maximum absolute atomic E-state index is 13.4. The maximum atomic E-state index is 13.4. The average molecular weight is 1050 g/mol. The Morgan fingerprint density at radius 3 is 1.31 bits per heavy atom. The Morgan fingerprint density at radius 2 is 0.892 bits per heavy atom. The summed E-state index contributed by atoms with van der Waals surface area (Å²) < 4.78 is 17.6. The predicted octanol–water partition coefficient (Wildman–Crippen LogP) is 14.9. The molecule has 8 unspecified atom stereocenters. The van der Waals surface area contributed by atoms with Gasteiger partial charge >= 0.3 is 5.97 Å². The van der Waals surface area contributed by atoms with E-state index in [4.69, 9.17) is 14.2 Å². The van der Waals surface area contributed by atoms with Crippen LogP contribution in [0, 0.1) is 0 Å². The highest BCUT2D eigenvalue weighted by molar-refractivity contribution is 5.80. The van der Waals surface area contributed by atoms with Crippen molar-refractivity contribution in [3.8, 4) is 0 Å². The van der Waals surface area contributed by atoms with Crippen molar-refractivity contribution < 1.29 is 49.3 Å². The van der Waals surface area contributed by atoms with Crippen LogP contribution in [0.2, 0.25) is 0 Å². The van der Waals surface area contributed by atoms with Gasteiger partial charge in [-0.2, -0.15) is 0 Å². The fourth-order valence-electron chi connectivity index (χ4n) is 10.1. The number of carbonyl (C=O) groups is 2. The number of ether oxygens (including phenoxy) is 3. The number of amides is 1. The maximum Gasteiger partial charge on any atom is 0.306 e. The predicted molar refractivity (Wildman–Crippen MR) is 306 cm³/mol. The summed E-state index contributed by atoms with van der Waals surface area (Å²) in [7, 11) is 0. The van der Waals surface area contributed by atoms with Gasteiger partial charge in [-0.15, -0.1) is 0 Å². The fourth-order valence-corrected chi connectivity index (χ4v) is 10.1. The van der Waals surface area contributed by atoms with Crippen molar-refractivity contribution in [3.05, 3.63) is 24.3 Å². The molecule has 1 fully saturated rings. The van der Waals surface area contributed by atoms with Crippen LogP contribution in [0.5, 0.6) is 0 Å². The molecular weight excluding hydrogens is 931 g/mol. The molecule has 1 saturated heterocycles. The van der Waals surface area contributed by atoms with Gasteiger partial charge in [0.1, 0.15) is 24.4 Å². The van der Waals surface area contributed by atoms with E-state index in [0.717, 1.165) is 57.8 Å². The first-order valence-electron chi connectivity index (χ1n) is 31.6. The highest BCUT2D eigenvalue weighted by atomic mass is 16.7. The van der Waals surface area contributed by atoms with Crippen molar-refractivity contribution in [1.82, 2.24) is 5.32 Å². The smallest absolute Gasteiger partial charge is 0.306 e. The lowest BCUT2D eigenvalue weighted by molar-refractivity contribution is -0.305. The van der Waals surface area contributed by atoms with Crippen LogP contribution in [0.4, 0.5) is 0 Å². The number of hydrogen-bond donors (Lipinski definition) is 6. The van der Waals surface area contributed by atoms with Crippen LogP contribution >= 0.6 is 0 Å². The first-order valence-corrected chi connectivity index (χ1v) is 31.6. The molecule has 0 spiro atoms. The monoisotopic (exact) mass is 1050 g/mol. The lowest BCUT2D eigenvalue weighted by atomic mass is 9.99. The SMILES string of the molecule is CCCCCCCC/C=C/CCCCCCCCCCCCC(O)C(=O)NC(COC1OC(CO)C(O)C(O)C1OC(=O)CCCCCCCCCCCCCCC)C(O)/C=C/CCCCCCCCCCCC. The molecule has 436 valence electrons. The van der Waals surface area contributed by atoms with Crippen LogP contribution in [-0.2, 0) is 23.8 Å². The summed E-state index contributed by atoms with van der Waals surface area (Å²) in [5.41, 5.74) is 0. The minimum atomic E-state index is -1.61. The number of esters is 1. The number of aliphatic hydroxyl groups is 5. The molecule has 0 aromatic carbocycles. The first-order chi connectivity index (χ1) is 36.2. The molecule has 1 rings (SSSR count). The quantitative estimate of drug-likeness (QED) is 0.0195. The highest BCUT2D eigenvalue weighted by Gasteiger charge is 2.47. The van der Waals surface area contributed by atoms with Crippen LogP contribution in [0.1, 0.15) is 303 Å². The summed E-state index contributed by atoms with van der Waals surface area (Å²) in [4.78, 5) is 26.5. The molecule has 0 saturated carbocycles. The van der Waals surface area contributed by atoms with Crippen molar-refractivity contribution in [3.63, 3.8) is 0 Å². The molecule has 8 atom stereocenters. The molecular formula is C63H119NO10. The first kappa shape index (κ1) is 70.2. The zero-order valence-electron chi connectivity index (χ0n) is 48.2. The highest BCUT2D eigenvalue weighted by Crippen LogP contribution is 2.26. The molecule has 0 radical (unpaired) electrons. The van der Waals surface area contributed by atoms with E-state index in [1.165, 1.54) is 199 Å². The molecule has 0 aliphatic carbocycles. The molecule has 0 aromatic rings. The van der Waals surface area contributed by atoms with E-state index >= 15 is 0 Å². The summed E-state index contributed by atoms with van der Waals surface area (Å²) in [5.74, 6) is -1.18. The van der Waals surface area contributed by atoms with Gasteiger partial charge in [0.25, 0.3) is 0 Å². The van der Waals surface area contributed by atoms with E-state index in [1.807, 2.05) is 6.08 Å². The molecule has 1 amide bonds. The number of hydrogen-bond acceptors (Lipinski definition) is 10. The molecule has 11 nitrogen and oxygen atoms in total. The summed E-state index contributed by atoms with van der Waals surface area (Å²) in [6.45, 7) is 5.80. The van der Waals surface area contributed by atoms with Crippen LogP contribution in [0.3, 0.4) is 0 Å². The van der Waals surface area contributed by atoms with Crippen LogP contribution < -0.4 is 5.32 Å². The second-order valence-corrected chi connectivity index (χ2v) is 22.1. The largest absolute Gasteiger partial charge is 0.454 e. The Hall–Kier alpha value is -1.86. The van der Waals surface area contributed by atoms with Crippen molar-refractivity contribution in [2.24, 2.45) is 0 Å². The van der Waals surface area contributed by atoms with Gasteiger partial charge in [0.15, 0.2) is 12.4 Å². The summed E-state index contributed by atoms with van der Waals surface area (Å²) in [5, 5.41) is 57.0. The van der Waals surface area contributed by atoms with Crippen LogP contribution in [-0.4, -0.2) is 99.6 Å². The summed E-state index contributed by atoms with van der Waals surface area (Å²) >= 11 is 0. The third kappa shape index (κ3) is 39.5. The topological polar surface area (TPSA) is 175 Å². The third-order valence-electron chi connectivity index (χ3n) is 15.1. The number of rotatable bonds is 54. The third-order valence-corrected chi connectivity index (χ3v) is 15.1. The van der Waals surface area contributed by atoms with Crippen molar-refractivity contribution in [2.75, 3.05) is 13.2 Å². The van der Waals surface area contributed by atoms with Gasteiger partial charge in [-0.3, -0.25) is 9.59 Å². The van der Waals surface area contributed by atoms with E-state index in [1.54, 1.807) is 6.08 Å². The van der Waals surface area contributed by atoms with Gasteiger partial charge in [-0.1, -0.05) is 270 Å². The summed E-state index contributed by atoms with van der Waals surface area (Å²) in [6.07, 6.45) is 49.3. The van der Waals surface area contributed by atoms with Gasteiger partial charge in [-0.25, -0.2) is 0 Å². The molecule has 6 N–H and O–H groups in total. The molecule has 1 aliphatic rings. The van der Waals surface area contributed by atoms with Crippen molar-refractivity contribution in [1.29, 1.82) is 0 Å². The van der Waals surface area contributed by atoms with Crippen LogP contribution in [0.25, 0.3) is 0 Å². The second-order valence-electron chi connectivity index (χ2n) is 22.1. The lowest BCUT2D eigenvalue weighted by Gasteiger charge is -2.41. The van der Waals surface area contributed by atoms with Gasteiger partial charge in [0.2, 0.25) is 5.91 Å². The van der Waals surface area contributed by atoms with E-state index in [2.05, 4.69) is 38.2 Å². The molecule has 11 heteroatoms. The molecule has 0 bridgehead atoms. The van der Waals surface area contributed by atoms with Gasteiger partial charge < -0.3 is 45.1 Å². The molecule has 74 heavy (non-hydrogen) atoms. The standard InChI is InChI=1S/C63H119NO10/c1-4-7-10-13-16-19-22-25-26-27-28-29-30-31-33-35-38-41-44-47-50-56(67)62(71)64-54(55(66)49-46-43-40-37-34-24-21-18-15-12-9-6-3)53-72-63-61(60(70)59(69)57(52-65)73-63)74-58(68)51-48-45-42-39-36-32-23-20-17-14-11-8-5-2/h25-26,46,49,54-57,59-61,63,65-67,69-70H,4-24,27-45,47-48,50-53H2,1-3H3,(H,64,71)/b26-25+,49-46+. The Bertz CT molecular complexity index is 1300. The van der Waals surface area contributed by atoms with Gasteiger partial charge in [0.05, 0.1) is 25.4 Å². The number of unbranched alkanes of at least 4 members (excludes halogenated alkanes) is 38. The van der Waals surface area contributed by atoms with E-state index in [-0.39, 0.29) is 13.0 Å². The molecule has 1 aliphatic heterocycles. The summed E-state index contributed by atoms with van der Waals surface area (Å²) in [6, 6.07) is -1.02. The van der Waals surface area contributed by atoms with Crippen LogP contribution in [0.15, 0.2) is 24.3 Å². The van der Waals surface area contributed by atoms with Gasteiger partial charge in [0, 0.05) is 6.42 Å².